The Kier molecular flexibility index (Phi) is 5.57. The summed E-state index contributed by atoms with van der Waals surface area (Å²) < 4.78 is 18.9. The topological polar surface area (TPSA) is 86.3 Å². The van der Waals surface area contributed by atoms with Crippen LogP contribution in [-0.4, -0.2) is 40.9 Å². The summed E-state index contributed by atoms with van der Waals surface area (Å²) in [5.74, 6) is -0.441. The number of anilines is 2. The Balaban J connectivity index is 1.39. The first-order valence-corrected chi connectivity index (χ1v) is 9.99. The van der Waals surface area contributed by atoms with Crippen LogP contribution in [0.15, 0.2) is 66.0 Å². The minimum atomic E-state index is -0.710. The maximum absolute atomic E-state index is 13.7. The van der Waals surface area contributed by atoms with Crippen LogP contribution in [0.4, 0.5) is 15.8 Å². The summed E-state index contributed by atoms with van der Waals surface area (Å²) in [5, 5.41) is 7.16. The van der Waals surface area contributed by atoms with Crippen molar-refractivity contribution in [1.82, 2.24) is 10.3 Å². The van der Waals surface area contributed by atoms with Gasteiger partial charge in [-0.2, -0.15) is 5.10 Å². The van der Waals surface area contributed by atoms with Crippen molar-refractivity contribution in [2.75, 3.05) is 23.1 Å². The smallest absolute Gasteiger partial charge is 0.276 e. The number of para-hydroxylation sites is 1. The summed E-state index contributed by atoms with van der Waals surface area (Å²) in [6.07, 6.45) is 2.64. The molecule has 30 heavy (non-hydrogen) atoms. The Morgan fingerprint density at radius 1 is 1.27 bits per heavy atom. The quantitative estimate of drug-likeness (QED) is 0.763. The van der Waals surface area contributed by atoms with E-state index < -0.39 is 12.0 Å². The van der Waals surface area contributed by atoms with Gasteiger partial charge >= 0.3 is 0 Å². The number of thioether (sulfide) groups is 1. The normalized spacial score (nSPS) is 17.3. The number of nitrogens with one attached hydrogen (secondary N) is 2. The molecule has 0 aromatic heterocycles. The van der Waals surface area contributed by atoms with Gasteiger partial charge in [0, 0.05) is 18.5 Å². The van der Waals surface area contributed by atoms with Gasteiger partial charge in [0.25, 0.3) is 5.91 Å². The lowest BCUT2D eigenvalue weighted by Gasteiger charge is -2.32. The van der Waals surface area contributed by atoms with Gasteiger partial charge in [-0.3, -0.25) is 24.8 Å². The molecule has 0 radical (unpaired) electrons. The highest BCUT2D eigenvalue weighted by atomic mass is 32.2. The molecule has 0 saturated carbocycles. The van der Waals surface area contributed by atoms with Crippen molar-refractivity contribution in [2.45, 2.75) is 6.17 Å². The molecule has 2 amide bonds. The predicted octanol–water partition coefficient (Wildman–Crippen LogP) is 2.53. The van der Waals surface area contributed by atoms with Crippen LogP contribution in [-0.2, 0) is 9.59 Å². The molecule has 2 heterocycles. The third kappa shape index (κ3) is 3.94. The van der Waals surface area contributed by atoms with Gasteiger partial charge in [-0.25, -0.2) is 4.39 Å². The van der Waals surface area contributed by atoms with Gasteiger partial charge in [-0.15, -0.1) is 0 Å². The van der Waals surface area contributed by atoms with E-state index in [9.17, 15) is 14.0 Å². The molecule has 2 aliphatic rings. The van der Waals surface area contributed by atoms with Crippen molar-refractivity contribution in [2.24, 2.45) is 5.10 Å². The number of rotatable bonds is 5. The number of hydrazone groups is 1. The number of fused-ring (bicyclic) bond motifs is 1. The van der Waals surface area contributed by atoms with E-state index in [0.717, 1.165) is 11.8 Å². The standard InChI is InChI=1S/C20H18FN5O3S/c1-29-14-6-4-5-13(11-14)25-9-10-26-18(19(25)28)23-24-20(26)30-12-17(27)22-16-8-3-2-7-15(16)21/h2-11,18,23H,12H2,1H3,(H,22,27). The van der Waals surface area contributed by atoms with Gasteiger partial charge in [-0.05, 0) is 24.3 Å². The summed E-state index contributed by atoms with van der Waals surface area (Å²) in [6, 6.07) is 13.1. The van der Waals surface area contributed by atoms with Crippen LogP contribution in [0, 0.1) is 5.82 Å². The number of methoxy groups -OCH3 is 1. The van der Waals surface area contributed by atoms with E-state index in [-0.39, 0.29) is 23.3 Å². The molecule has 1 atom stereocenters. The fourth-order valence-electron chi connectivity index (χ4n) is 2.97. The lowest BCUT2D eigenvalue weighted by Crippen LogP contribution is -2.52. The van der Waals surface area contributed by atoms with Crippen LogP contribution in [0.25, 0.3) is 0 Å². The van der Waals surface area contributed by atoms with E-state index >= 15 is 0 Å². The van der Waals surface area contributed by atoms with E-state index in [4.69, 9.17) is 4.74 Å². The van der Waals surface area contributed by atoms with Crippen LogP contribution in [0.5, 0.6) is 5.75 Å². The molecule has 0 saturated heterocycles. The molecule has 8 nitrogen and oxygen atoms in total. The molecule has 2 aromatic rings. The Morgan fingerprint density at radius 3 is 2.90 bits per heavy atom. The molecule has 4 rings (SSSR count). The number of nitrogens with zero attached hydrogens (tertiary/aromatic N) is 3. The van der Waals surface area contributed by atoms with Crippen molar-refractivity contribution in [3.8, 4) is 5.75 Å². The molecular weight excluding hydrogens is 409 g/mol. The van der Waals surface area contributed by atoms with Gasteiger partial charge in [-0.1, -0.05) is 30.0 Å². The lowest BCUT2D eigenvalue weighted by atomic mass is 10.2. The summed E-state index contributed by atoms with van der Waals surface area (Å²) >= 11 is 1.15. The SMILES string of the molecule is COc1cccc(N2C=CN3C(SCC(=O)Nc4ccccc4F)=NNC3C2=O)c1. The number of hydrogen-bond donors (Lipinski definition) is 2. The average Bonchev–Trinajstić information content (AvgIpc) is 3.18. The van der Waals surface area contributed by atoms with Gasteiger partial charge in [0.05, 0.1) is 24.2 Å². The van der Waals surface area contributed by atoms with E-state index in [0.29, 0.717) is 16.6 Å². The summed E-state index contributed by atoms with van der Waals surface area (Å²) in [5.41, 5.74) is 3.59. The number of amidine groups is 1. The van der Waals surface area contributed by atoms with E-state index in [2.05, 4.69) is 15.8 Å². The van der Waals surface area contributed by atoms with Crippen molar-refractivity contribution in [3.05, 3.63) is 66.7 Å². The van der Waals surface area contributed by atoms with E-state index in [1.54, 1.807) is 60.8 Å². The summed E-state index contributed by atoms with van der Waals surface area (Å²) in [6.45, 7) is 0. The van der Waals surface area contributed by atoms with Crippen LogP contribution < -0.4 is 20.4 Å². The minimum Gasteiger partial charge on any atom is -0.497 e. The molecule has 154 valence electrons. The lowest BCUT2D eigenvalue weighted by molar-refractivity contribution is -0.122. The maximum Gasteiger partial charge on any atom is 0.276 e. The van der Waals surface area contributed by atoms with Crippen LogP contribution in [0.1, 0.15) is 0 Å². The van der Waals surface area contributed by atoms with Crippen molar-refractivity contribution >= 4 is 40.1 Å². The zero-order valence-corrected chi connectivity index (χ0v) is 16.7. The molecule has 0 bridgehead atoms. The Bertz CT molecular complexity index is 1040. The van der Waals surface area contributed by atoms with Gasteiger partial charge in [0.1, 0.15) is 11.6 Å². The highest BCUT2D eigenvalue weighted by Crippen LogP contribution is 2.28. The summed E-state index contributed by atoms with van der Waals surface area (Å²) in [4.78, 5) is 28.2. The van der Waals surface area contributed by atoms with Gasteiger partial charge < -0.3 is 10.1 Å². The largest absolute Gasteiger partial charge is 0.497 e. The molecule has 10 heteroatoms. The number of carbonyl (C=O) groups excluding carboxylic acids is 2. The van der Waals surface area contributed by atoms with Gasteiger partial charge in [0.2, 0.25) is 12.1 Å². The van der Waals surface area contributed by atoms with Gasteiger partial charge in [0.15, 0.2) is 5.17 Å². The van der Waals surface area contributed by atoms with Crippen LogP contribution in [0.3, 0.4) is 0 Å². The molecular formula is C20H18FN5O3S. The zero-order chi connectivity index (χ0) is 21.1. The number of halogens is 1. The first-order chi connectivity index (χ1) is 14.6. The maximum atomic E-state index is 13.7. The predicted molar refractivity (Wildman–Crippen MR) is 113 cm³/mol. The van der Waals surface area contributed by atoms with E-state index in [1.807, 2.05) is 0 Å². The number of carbonyl (C=O) groups is 2. The van der Waals surface area contributed by atoms with Crippen molar-refractivity contribution in [3.63, 3.8) is 0 Å². The third-order valence-electron chi connectivity index (χ3n) is 4.44. The van der Waals surface area contributed by atoms with E-state index in [1.165, 1.54) is 17.0 Å². The Labute approximate surface area is 176 Å². The Hall–Kier alpha value is -3.53. The average molecular weight is 427 g/mol. The first kappa shape index (κ1) is 19.8. The second kappa shape index (κ2) is 8.46. The van der Waals surface area contributed by atoms with Crippen molar-refractivity contribution < 1.29 is 18.7 Å². The van der Waals surface area contributed by atoms with Crippen LogP contribution in [0.2, 0.25) is 0 Å². The number of amides is 2. The fraction of sp³-hybridized carbons (Fsp3) is 0.150. The summed E-state index contributed by atoms with van der Waals surface area (Å²) in [7, 11) is 1.56. The molecule has 0 fully saturated rings. The minimum absolute atomic E-state index is 0.0136. The Morgan fingerprint density at radius 2 is 2.10 bits per heavy atom. The van der Waals surface area contributed by atoms with Crippen LogP contribution >= 0.6 is 11.8 Å². The molecule has 2 aromatic carbocycles. The molecule has 0 spiro atoms. The highest BCUT2D eigenvalue weighted by Gasteiger charge is 2.38. The second-order valence-corrected chi connectivity index (χ2v) is 7.30. The monoisotopic (exact) mass is 427 g/mol. The molecule has 2 N–H and O–H groups in total. The molecule has 1 unspecified atom stereocenters. The molecule has 2 aliphatic heterocycles. The zero-order valence-electron chi connectivity index (χ0n) is 15.9. The number of hydrogen-bond acceptors (Lipinski definition) is 7. The second-order valence-electron chi connectivity index (χ2n) is 6.36. The fourth-order valence-corrected chi connectivity index (χ4v) is 3.74. The molecule has 0 aliphatic carbocycles. The highest BCUT2D eigenvalue weighted by molar-refractivity contribution is 8.14. The van der Waals surface area contributed by atoms with Crippen molar-refractivity contribution in [1.29, 1.82) is 0 Å². The first-order valence-electron chi connectivity index (χ1n) is 9.01. The number of ether oxygens (including phenoxy) is 1. The number of benzene rings is 2. The third-order valence-corrected chi connectivity index (χ3v) is 5.41.